The van der Waals surface area contributed by atoms with Crippen molar-refractivity contribution in [2.75, 3.05) is 55.6 Å². The smallest absolute Gasteiger partial charge is 0.410 e. The largest absolute Gasteiger partial charge is 0.481 e. The molecule has 6 aromatic heterocycles. The van der Waals surface area contributed by atoms with Crippen molar-refractivity contribution in [3.63, 3.8) is 0 Å². The number of hydrogen-bond donors (Lipinski definition) is 8. The number of carbonyl (C=O) groups is 8. The van der Waals surface area contributed by atoms with Gasteiger partial charge in [0.2, 0.25) is 29.7 Å². The van der Waals surface area contributed by atoms with Crippen LogP contribution in [0.1, 0.15) is 257 Å². The number of anilines is 3. The van der Waals surface area contributed by atoms with E-state index in [-0.39, 0.29) is 125 Å². The molecule has 12 heterocycles. The third-order valence-corrected chi connectivity index (χ3v) is 20.8. The van der Waals surface area contributed by atoms with Crippen LogP contribution in [0.25, 0.3) is 33.1 Å². The molecule has 3 spiro atoms. The summed E-state index contributed by atoms with van der Waals surface area (Å²) >= 11 is 0. The second kappa shape index (κ2) is 32.8. The zero-order chi connectivity index (χ0) is 70.0. The van der Waals surface area contributed by atoms with E-state index in [1.54, 1.807) is 44.3 Å². The molecule has 29 heteroatoms. The molecule has 3 atom stereocenters. The van der Waals surface area contributed by atoms with Crippen LogP contribution in [0.2, 0.25) is 0 Å². The van der Waals surface area contributed by atoms with Gasteiger partial charge in [-0.3, -0.25) is 39.4 Å². The molecule has 9 N–H and O–H groups in total. The maximum Gasteiger partial charge on any atom is 0.410 e. The average molecular weight is 1430 g/mol. The highest BCUT2D eigenvalue weighted by Crippen LogP contribution is 2.44. The molecule has 6 aromatic rings. The minimum absolute atomic E-state index is 0. The standard InChI is InChI=1S/C25H34N6O4.C20H26N6O2.C14H17N5O.C11H19NO4.4CH4/c1-24(2,3)35-23(34)30-11-7-8-17(30)13-19(32)28-22-26-14-16-12-18-21(33)27-15-25(9-5-4-6-10-25)31(18)20(16)29-22;27-16(10-14-5-4-8-21-14)24-19-22-11-13-9-15-18(28)23-12-20(6-2-1-3-7-20)26(15)17(13)25-19;15-13-16-7-9-6-10-12(20)17-8-14(4-2-1-3-5-14)19(10)11(9)18-13;1-11(2,3)16-10(15)12-6-4-5-8(12)7-9(13)14;;;;/h12,14,17H,4-11,13,15H2,1-3H3,(H,27,33)(H,26,28,29,32);9,11,14,21H,1-8,10,12H2,(H,23,28)(H,22,24,25,27);6-7H,1-5,8H2,(H,17,20)(H2,15,16,18);8H,4-7H2,1-3H3,(H,13,14);4*1H4/t17-;14-;;8-;;;;/m00.0..../s1. The first-order chi connectivity index (χ1) is 47.3. The Morgan fingerprint density at radius 3 is 1.25 bits per heavy atom. The van der Waals surface area contributed by atoms with Gasteiger partial charge in [0.05, 0.1) is 23.0 Å². The van der Waals surface area contributed by atoms with Gasteiger partial charge < -0.3 is 65.1 Å². The van der Waals surface area contributed by atoms with Gasteiger partial charge in [-0.25, -0.2) is 24.5 Å². The predicted molar refractivity (Wildman–Crippen MR) is 396 cm³/mol. The minimum Gasteiger partial charge on any atom is -0.481 e. The van der Waals surface area contributed by atoms with Crippen molar-refractivity contribution >= 4 is 98.6 Å². The molecule has 29 nitrogen and oxygen atoms in total. The molecule has 7 amide bonds. The van der Waals surface area contributed by atoms with Crippen molar-refractivity contribution in [3.8, 4) is 0 Å². The fourth-order valence-corrected chi connectivity index (χ4v) is 16.3. The number of nitrogen functional groups attached to an aromatic ring is 1. The van der Waals surface area contributed by atoms with Crippen molar-refractivity contribution in [3.05, 3.63) is 53.9 Å². The molecule has 0 unspecified atom stereocenters. The maximum atomic E-state index is 12.9. The van der Waals surface area contributed by atoms with Gasteiger partial charge in [-0.05, 0) is 143 Å². The fourth-order valence-electron chi connectivity index (χ4n) is 16.3. The number of hydrogen-bond acceptors (Lipinski definition) is 18. The maximum absolute atomic E-state index is 12.9. The van der Waals surface area contributed by atoms with Crippen molar-refractivity contribution in [2.45, 2.75) is 271 Å². The van der Waals surface area contributed by atoms with Crippen molar-refractivity contribution in [1.82, 2.24) is 74.7 Å². The zero-order valence-corrected chi connectivity index (χ0v) is 57.9. The summed E-state index contributed by atoms with van der Waals surface area (Å²) in [4.78, 5) is 127. The minimum atomic E-state index is -0.875. The van der Waals surface area contributed by atoms with Gasteiger partial charge in [0, 0.05) is 98.4 Å². The molecule has 3 aliphatic carbocycles. The Kier molecular flexibility index (Phi) is 25.3. The summed E-state index contributed by atoms with van der Waals surface area (Å²) in [6.45, 7) is 15.0. The van der Waals surface area contributed by atoms with E-state index in [9.17, 15) is 38.4 Å². The number of fused-ring (bicyclic) bond motifs is 12. The lowest BCUT2D eigenvalue weighted by Gasteiger charge is -2.42. The van der Waals surface area contributed by atoms with Crippen molar-refractivity contribution in [2.24, 2.45) is 0 Å². The van der Waals surface area contributed by atoms with Gasteiger partial charge in [-0.1, -0.05) is 87.5 Å². The number of aliphatic carboxylic acids is 1. The van der Waals surface area contributed by atoms with Crippen LogP contribution in [-0.2, 0) is 40.5 Å². The molecule has 3 saturated carbocycles. The predicted octanol–water partition coefficient (Wildman–Crippen LogP) is 11.3. The lowest BCUT2D eigenvalue weighted by Crippen LogP contribution is -2.52. The molecule has 15 rings (SSSR count). The number of carboxylic acid groups (broad SMARTS) is 1. The quantitative estimate of drug-likeness (QED) is 0.0701. The normalized spacial score (nSPS) is 21.1. The number of nitrogens with zero attached hydrogens (tertiary/aromatic N) is 11. The van der Waals surface area contributed by atoms with Crippen molar-refractivity contribution in [1.29, 1.82) is 0 Å². The summed E-state index contributed by atoms with van der Waals surface area (Å²) in [5.41, 5.74) is 8.43. The Morgan fingerprint density at radius 1 is 0.515 bits per heavy atom. The Morgan fingerprint density at radius 2 is 0.883 bits per heavy atom. The van der Waals surface area contributed by atoms with Crippen LogP contribution in [0.15, 0.2) is 36.8 Å². The number of amides is 7. The number of ether oxygens (including phenoxy) is 2. The van der Waals surface area contributed by atoms with Gasteiger partial charge in [0.1, 0.15) is 45.2 Å². The fraction of sp³-hybridized carbons (Fsp3) is 0.649. The van der Waals surface area contributed by atoms with E-state index >= 15 is 0 Å². The van der Waals surface area contributed by atoms with E-state index in [1.165, 1.54) is 37.0 Å². The summed E-state index contributed by atoms with van der Waals surface area (Å²) in [7, 11) is 0. The van der Waals surface area contributed by atoms with Crippen LogP contribution < -0.4 is 37.6 Å². The van der Waals surface area contributed by atoms with Crippen LogP contribution in [-0.4, -0.2) is 175 Å². The molecule has 6 fully saturated rings. The third-order valence-electron chi connectivity index (χ3n) is 20.8. The Labute approximate surface area is 604 Å². The lowest BCUT2D eigenvalue weighted by atomic mass is 9.80. The number of nitrogens with one attached hydrogen (secondary N) is 6. The number of carboxylic acids is 1. The van der Waals surface area contributed by atoms with Gasteiger partial charge in [0.25, 0.3) is 17.7 Å². The molecule has 9 aliphatic rings. The summed E-state index contributed by atoms with van der Waals surface area (Å²) < 4.78 is 17.1. The Hall–Kier alpha value is -9.02. The second-order valence-electron chi connectivity index (χ2n) is 30.3. The van der Waals surface area contributed by atoms with Crippen LogP contribution in [0.5, 0.6) is 0 Å². The number of likely N-dealkylation sites (tertiary alicyclic amines) is 2. The SMILES string of the molecule is C.C.C.C.CC(C)(C)OC(=O)N1CCC[C@H]1CC(=O)Nc1ncc2cc3n(c2n1)C1(CCCCC1)CNC3=O.CC(C)(C)OC(=O)N1CCC[C@H]1CC(=O)O.Nc1ncc2cc3n(c2n1)C1(CCCCC1)CNC3=O.O=C(C[C@@H]1CCCN1)Nc1ncc2cc3n(c2n1)C1(CCCCC1)CNC3=O. The summed E-state index contributed by atoms with van der Waals surface area (Å²) in [6.07, 6.45) is 26.9. The Bertz CT molecular complexity index is 4050. The molecule has 103 heavy (non-hydrogen) atoms. The first-order valence-electron chi connectivity index (χ1n) is 35.6. The van der Waals surface area contributed by atoms with E-state index in [0.717, 1.165) is 137 Å². The van der Waals surface area contributed by atoms with Crippen molar-refractivity contribution < 1.29 is 52.9 Å². The van der Waals surface area contributed by atoms with Crippen LogP contribution >= 0.6 is 0 Å². The van der Waals surface area contributed by atoms with Crippen LogP contribution in [0.3, 0.4) is 0 Å². The molecule has 0 aromatic carbocycles. The van der Waals surface area contributed by atoms with Gasteiger partial charge in [-0.2, -0.15) is 15.0 Å². The second-order valence-corrected chi connectivity index (χ2v) is 30.3. The number of carbonyl (C=O) groups excluding carboxylic acids is 7. The average Bonchev–Trinajstić information content (AvgIpc) is 1.62. The monoisotopic (exact) mass is 1430 g/mol. The van der Waals surface area contributed by atoms with E-state index in [1.807, 2.05) is 39.0 Å². The molecule has 6 aliphatic heterocycles. The number of aromatic nitrogens is 9. The topological polar surface area (TPSA) is 372 Å². The Balaban J connectivity index is 0.000000179. The van der Waals surface area contributed by atoms with Gasteiger partial charge >= 0.3 is 18.2 Å². The number of nitrogens with two attached hydrogens (primary N) is 1. The molecule has 0 bridgehead atoms. The highest BCUT2D eigenvalue weighted by atomic mass is 16.6. The first kappa shape index (κ1) is 79.7. The van der Waals surface area contributed by atoms with Crippen LogP contribution in [0, 0.1) is 0 Å². The summed E-state index contributed by atoms with van der Waals surface area (Å²) in [6, 6.07) is 5.38. The van der Waals surface area contributed by atoms with Gasteiger partial charge in [-0.15, -0.1) is 0 Å². The summed E-state index contributed by atoms with van der Waals surface area (Å²) in [5.74, 6) is -0.612. The van der Waals surface area contributed by atoms with Crippen LogP contribution in [0.4, 0.5) is 27.4 Å². The molecular weight excluding hydrogens is 1320 g/mol. The van der Waals surface area contributed by atoms with E-state index in [0.29, 0.717) is 67.8 Å². The van der Waals surface area contributed by atoms with E-state index in [2.05, 4.69) is 75.5 Å². The molecule has 3 saturated heterocycles. The zero-order valence-electron chi connectivity index (χ0n) is 57.9. The highest BCUT2D eigenvalue weighted by Gasteiger charge is 2.45. The summed E-state index contributed by atoms with van der Waals surface area (Å²) in [5, 5.41) is 29.4. The third kappa shape index (κ3) is 17.6. The molecule has 564 valence electrons. The van der Waals surface area contributed by atoms with E-state index < -0.39 is 23.3 Å². The number of rotatable bonds is 8. The van der Waals surface area contributed by atoms with E-state index in [4.69, 9.17) is 20.3 Å². The lowest BCUT2D eigenvalue weighted by molar-refractivity contribution is -0.138. The molecule has 0 radical (unpaired) electrons. The first-order valence-corrected chi connectivity index (χ1v) is 35.6. The molecular formula is C74H112N18O11. The van der Waals surface area contributed by atoms with Gasteiger partial charge in [0.15, 0.2) is 0 Å². The highest BCUT2D eigenvalue weighted by molar-refractivity contribution is 6.01.